The lowest BCUT2D eigenvalue weighted by Crippen LogP contribution is -2.26. The molecule has 0 amide bonds. The number of hydrogen-bond donors (Lipinski definition) is 1. The molecule has 6 heteroatoms. The molecule has 0 aromatic carbocycles. The predicted molar refractivity (Wildman–Crippen MR) is 81.9 cm³/mol. The smallest absolute Gasteiger partial charge is 0.138 e. The van der Waals surface area contributed by atoms with E-state index in [-0.39, 0.29) is 6.04 Å². The Hall–Kier alpha value is -1.82. The number of nitrogens with zero attached hydrogens (tertiary/aromatic N) is 5. The van der Waals surface area contributed by atoms with Gasteiger partial charge in [0.1, 0.15) is 12.2 Å². The van der Waals surface area contributed by atoms with Crippen LogP contribution in [0.4, 0.5) is 0 Å². The van der Waals surface area contributed by atoms with Gasteiger partial charge in [-0.3, -0.25) is 4.68 Å². The maximum absolute atomic E-state index is 4.39. The zero-order valence-corrected chi connectivity index (χ0v) is 13.3. The Kier molecular flexibility index (Phi) is 5.38. The highest BCUT2D eigenvalue weighted by Gasteiger charge is 2.18. The van der Waals surface area contributed by atoms with Crippen molar-refractivity contribution in [3.63, 3.8) is 0 Å². The first kappa shape index (κ1) is 15.6. The first-order chi connectivity index (χ1) is 10.2. The normalized spacial score (nSPS) is 12.6. The van der Waals surface area contributed by atoms with Crippen LogP contribution in [0.25, 0.3) is 0 Å². The first-order valence-corrected chi connectivity index (χ1v) is 7.56. The van der Waals surface area contributed by atoms with E-state index in [0.29, 0.717) is 0 Å². The second-order valence-electron chi connectivity index (χ2n) is 5.23. The van der Waals surface area contributed by atoms with Crippen LogP contribution in [0.15, 0.2) is 12.4 Å². The second kappa shape index (κ2) is 7.26. The van der Waals surface area contributed by atoms with E-state index in [1.54, 1.807) is 6.33 Å². The van der Waals surface area contributed by atoms with Crippen molar-refractivity contribution in [1.82, 2.24) is 30.3 Å². The average molecular weight is 288 g/mol. The van der Waals surface area contributed by atoms with Crippen LogP contribution in [0.2, 0.25) is 0 Å². The molecule has 21 heavy (non-hydrogen) atoms. The Bertz CT molecular complexity index is 577. The molecule has 0 aliphatic carbocycles. The van der Waals surface area contributed by atoms with Crippen LogP contribution in [-0.2, 0) is 13.0 Å². The third-order valence-electron chi connectivity index (χ3n) is 3.54. The van der Waals surface area contributed by atoms with Crippen molar-refractivity contribution in [2.75, 3.05) is 6.54 Å². The molecule has 0 aliphatic heterocycles. The third-order valence-corrected chi connectivity index (χ3v) is 3.54. The van der Waals surface area contributed by atoms with E-state index in [1.165, 1.54) is 5.56 Å². The second-order valence-corrected chi connectivity index (χ2v) is 5.23. The topological polar surface area (TPSA) is 68.5 Å². The van der Waals surface area contributed by atoms with Gasteiger partial charge in [0.2, 0.25) is 0 Å². The molecule has 0 aliphatic rings. The van der Waals surface area contributed by atoms with Gasteiger partial charge in [0, 0.05) is 19.0 Å². The van der Waals surface area contributed by atoms with Crippen molar-refractivity contribution in [2.45, 2.75) is 53.1 Å². The highest BCUT2D eigenvalue weighted by Crippen LogP contribution is 2.20. The number of aryl methyl sites for hydroxylation is 3. The van der Waals surface area contributed by atoms with Gasteiger partial charge in [-0.15, -0.1) is 0 Å². The fraction of sp³-hybridized carbons (Fsp3) is 0.600. The third kappa shape index (κ3) is 3.85. The molecule has 2 aromatic rings. The van der Waals surface area contributed by atoms with E-state index in [4.69, 9.17) is 0 Å². The summed E-state index contributed by atoms with van der Waals surface area (Å²) >= 11 is 0. The number of nitrogens with one attached hydrogen (secondary N) is 1. The van der Waals surface area contributed by atoms with E-state index >= 15 is 0 Å². The summed E-state index contributed by atoms with van der Waals surface area (Å²) in [6.07, 6.45) is 3.52. The zero-order valence-electron chi connectivity index (χ0n) is 13.3. The summed E-state index contributed by atoms with van der Waals surface area (Å²) in [5.74, 6) is 1.000. The van der Waals surface area contributed by atoms with E-state index < -0.39 is 0 Å². The number of rotatable bonds is 7. The molecule has 0 fully saturated rings. The highest BCUT2D eigenvalue weighted by molar-refractivity contribution is 5.24. The molecule has 0 saturated carbocycles. The summed E-state index contributed by atoms with van der Waals surface area (Å²) in [5.41, 5.74) is 3.11. The van der Waals surface area contributed by atoms with Crippen LogP contribution in [-0.4, -0.2) is 31.5 Å². The standard InChI is InChI=1S/C15H24N6/c1-5-7-16-14(9-15-17-10-18-21(15)6-2)13-8-11(3)19-20-12(13)4/h8,10,14,16H,5-7,9H2,1-4H3. The molecule has 1 unspecified atom stereocenters. The summed E-state index contributed by atoms with van der Waals surface area (Å²) < 4.78 is 1.94. The lowest BCUT2D eigenvalue weighted by molar-refractivity contribution is 0.492. The molecule has 6 nitrogen and oxygen atoms in total. The van der Waals surface area contributed by atoms with Crippen molar-refractivity contribution < 1.29 is 0 Å². The molecular weight excluding hydrogens is 264 g/mol. The lowest BCUT2D eigenvalue weighted by Gasteiger charge is -2.20. The Balaban J connectivity index is 2.27. The molecule has 0 bridgehead atoms. The molecule has 0 saturated heterocycles. The summed E-state index contributed by atoms with van der Waals surface area (Å²) in [7, 11) is 0. The number of aromatic nitrogens is 5. The minimum absolute atomic E-state index is 0.189. The maximum atomic E-state index is 4.39. The van der Waals surface area contributed by atoms with Gasteiger partial charge < -0.3 is 5.32 Å². The Morgan fingerprint density at radius 2 is 2.05 bits per heavy atom. The SMILES string of the molecule is CCCNC(Cc1ncnn1CC)c1cc(C)nnc1C. The lowest BCUT2D eigenvalue weighted by atomic mass is 10.0. The van der Waals surface area contributed by atoms with Crippen molar-refractivity contribution in [2.24, 2.45) is 0 Å². The molecule has 0 radical (unpaired) electrons. The zero-order chi connectivity index (χ0) is 15.2. The fourth-order valence-corrected chi connectivity index (χ4v) is 2.43. The number of hydrogen-bond acceptors (Lipinski definition) is 5. The van der Waals surface area contributed by atoms with Crippen LogP contribution in [0, 0.1) is 13.8 Å². The van der Waals surface area contributed by atoms with Crippen LogP contribution >= 0.6 is 0 Å². The van der Waals surface area contributed by atoms with E-state index in [2.05, 4.69) is 45.5 Å². The van der Waals surface area contributed by atoms with Crippen LogP contribution < -0.4 is 5.32 Å². The summed E-state index contributed by atoms with van der Waals surface area (Å²) in [4.78, 5) is 4.39. The molecule has 1 atom stereocenters. The van der Waals surface area contributed by atoms with Gasteiger partial charge in [0.25, 0.3) is 0 Å². The van der Waals surface area contributed by atoms with Gasteiger partial charge in [-0.2, -0.15) is 15.3 Å². The van der Waals surface area contributed by atoms with Crippen molar-refractivity contribution >= 4 is 0 Å². The van der Waals surface area contributed by atoms with Crippen molar-refractivity contribution in [3.05, 3.63) is 35.2 Å². The highest BCUT2D eigenvalue weighted by atomic mass is 15.3. The summed E-state index contributed by atoms with van der Waals surface area (Å²) in [6.45, 7) is 10.0. The Morgan fingerprint density at radius 1 is 1.24 bits per heavy atom. The predicted octanol–water partition coefficient (Wildman–Crippen LogP) is 1.99. The van der Waals surface area contributed by atoms with Crippen molar-refractivity contribution in [1.29, 1.82) is 0 Å². The fourth-order valence-electron chi connectivity index (χ4n) is 2.43. The molecule has 2 heterocycles. The summed E-state index contributed by atoms with van der Waals surface area (Å²) in [6, 6.07) is 2.30. The van der Waals surface area contributed by atoms with Crippen molar-refractivity contribution in [3.8, 4) is 0 Å². The average Bonchev–Trinajstić information content (AvgIpc) is 2.93. The quantitative estimate of drug-likeness (QED) is 0.844. The van der Waals surface area contributed by atoms with Gasteiger partial charge in [-0.25, -0.2) is 4.98 Å². The largest absolute Gasteiger partial charge is 0.309 e. The van der Waals surface area contributed by atoms with E-state index in [0.717, 1.165) is 43.1 Å². The Labute approximate surface area is 126 Å². The van der Waals surface area contributed by atoms with Gasteiger partial charge in [0.15, 0.2) is 0 Å². The summed E-state index contributed by atoms with van der Waals surface area (Å²) in [5, 5.41) is 16.2. The monoisotopic (exact) mass is 288 g/mol. The van der Waals surface area contributed by atoms with Crippen LogP contribution in [0.5, 0.6) is 0 Å². The Morgan fingerprint density at radius 3 is 2.76 bits per heavy atom. The first-order valence-electron chi connectivity index (χ1n) is 7.56. The van der Waals surface area contributed by atoms with E-state index in [9.17, 15) is 0 Å². The van der Waals surface area contributed by atoms with Crippen LogP contribution in [0.1, 0.15) is 49.1 Å². The van der Waals surface area contributed by atoms with Gasteiger partial charge >= 0.3 is 0 Å². The molecule has 2 rings (SSSR count). The molecule has 2 aromatic heterocycles. The molecule has 0 spiro atoms. The molecule has 1 N–H and O–H groups in total. The van der Waals surface area contributed by atoms with E-state index in [1.807, 2.05) is 18.5 Å². The van der Waals surface area contributed by atoms with Gasteiger partial charge in [-0.05, 0) is 45.4 Å². The molecule has 114 valence electrons. The van der Waals surface area contributed by atoms with Gasteiger partial charge in [0.05, 0.1) is 11.4 Å². The van der Waals surface area contributed by atoms with Crippen LogP contribution in [0.3, 0.4) is 0 Å². The minimum Gasteiger partial charge on any atom is -0.309 e. The minimum atomic E-state index is 0.189. The molecular formula is C15H24N6. The maximum Gasteiger partial charge on any atom is 0.138 e. The van der Waals surface area contributed by atoms with Gasteiger partial charge in [-0.1, -0.05) is 6.92 Å².